The van der Waals surface area contributed by atoms with Crippen LogP contribution in [0.25, 0.3) is 0 Å². The number of nitrogens with one attached hydrogen (secondary N) is 1. The van der Waals surface area contributed by atoms with Gasteiger partial charge in [0.05, 0.1) is 11.3 Å². The summed E-state index contributed by atoms with van der Waals surface area (Å²) in [6.45, 7) is 4.68. The van der Waals surface area contributed by atoms with Crippen molar-refractivity contribution >= 4 is 29.1 Å². The van der Waals surface area contributed by atoms with E-state index in [1.165, 1.54) is 0 Å². The second-order valence-electron chi connectivity index (χ2n) is 6.85. The Bertz CT molecular complexity index is 850. The molecule has 0 bridgehead atoms. The number of rotatable bonds is 5. The molecule has 0 aliphatic carbocycles. The first-order chi connectivity index (χ1) is 13.4. The zero-order valence-electron chi connectivity index (χ0n) is 16.0. The predicted octanol–water partition coefficient (Wildman–Crippen LogP) is 3.13. The molecule has 1 aliphatic heterocycles. The lowest BCUT2D eigenvalue weighted by Crippen LogP contribution is -2.47. The Labute approximate surface area is 170 Å². The Morgan fingerprint density at radius 3 is 2.50 bits per heavy atom. The van der Waals surface area contributed by atoms with Crippen LogP contribution >= 0.6 is 11.6 Å². The second kappa shape index (κ2) is 9.08. The Hall–Kier alpha value is -2.57. The first-order valence-corrected chi connectivity index (χ1v) is 9.62. The van der Waals surface area contributed by atoms with Gasteiger partial charge in [0.25, 0.3) is 11.8 Å². The van der Waals surface area contributed by atoms with Gasteiger partial charge in [-0.25, -0.2) is 0 Å². The molecule has 1 fully saturated rings. The lowest BCUT2D eigenvalue weighted by Gasteiger charge is -2.32. The summed E-state index contributed by atoms with van der Waals surface area (Å²) in [6.07, 6.45) is -0.745. The summed E-state index contributed by atoms with van der Waals surface area (Å²) in [5, 5.41) is 3.35. The van der Waals surface area contributed by atoms with E-state index in [0.29, 0.717) is 35.1 Å². The van der Waals surface area contributed by atoms with Crippen LogP contribution in [-0.4, -0.2) is 60.9 Å². The van der Waals surface area contributed by atoms with Gasteiger partial charge < -0.3 is 19.9 Å². The first-order valence-electron chi connectivity index (χ1n) is 9.24. The average Bonchev–Trinajstić information content (AvgIpc) is 2.68. The van der Waals surface area contributed by atoms with Crippen LogP contribution in [-0.2, 0) is 4.79 Å². The second-order valence-corrected chi connectivity index (χ2v) is 7.28. The molecule has 7 heteroatoms. The highest BCUT2D eigenvalue weighted by atomic mass is 35.5. The van der Waals surface area contributed by atoms with Crippen molar-refractivity contribution in [1.29, 1.82) is 0 Å². The Morgan fingerprint density at radius 1 is 1.07 bits per heavy atom. The summed E-state index contributed by atoms with van der Waals surface area (Å²) in [5.41, 5.74) is 0.966. The van der Waals surface area contributed by atoms with Gasteiger partial charge >= 0.3 is 0 Å². The molecule has 0 unspecified atom stereocenters. The molecule has 1 N–H and O–H groups in total. The molecule has 6 nitrogen and oxygen atoms in total. The number of ether oxygens (including phenoxy) is 1. The van der Waals surface area contributed by atoms with E-state index < -0.39 is 6.10 Å². The minimum absolute atomic E-state index is 0.0765. The summed E-state index contributed by atoms with van der Waals surface area (Å²) >= 11 is 5.95. The van der Waals surface area contributed by atoms with Crippen LogP contribution in [0.4, 0.5) is 5.69 Å². The van der Waals surface area contributed by atoms with E-state index in [2.05, 4.69) is 10.2 Å². The van der Waals surface area contributed by atoms with Crippen LogP contribution in [0, 0.1) is 0 Å². The average molecular weight is 402 g/mol. The maximum Gasteiger partial charge on any atom is 0.265 e. The molecule has 2 aromatic carbocycles. The number of carbonyl (C=O) groups excluding carboxylic acids is 2. The molecule has 1 heterocycles. The molecular weight excluding hydrogens is 378 g/mol. The van der Waals surface area contributed by atoms with Gasteiger partial charge in [-0.3, -0.25) is 9.59 Å². The number of hydrogen-bond donors (Lipinski definition) is 1. The molecule has 1 atom stereocenters. The van der Waals surface area contributed by atoms with E-state index >= 15 is 0 Å². The van der Waals surface area contributed by atoms with E-state index in [1.807, 2.05) is 11.9 Å². The van der Waals surface area contributed by atoms with E-state index in [1.54, 1.807) is 55.5 Å². The quantitative estimate of drug-likeness (QED) is 0.836. The van der Waals surface area contributed by atoms with E-state index in [4.69, 9.17) is 16.3 Å². The van der Waals surface area contributed by atoms with E-state index in [9.17, 15) is 9.59 Å². The van der Waals surface area contributed by atoms with E-state index in [0.717, 1.165) is 13.1 Å². The number of para-hydroxylation sites is 1. The monoisotopic (exact) mass is 401 g/mol. The summed E-state index contributed by atoms with van der Waals surface area (Å²) in [5.74, 6) is 0.1000. The molecule has 0 aromatic heterocycles. The molecule has 0 spiro atoms. The number of piperazine rings is 1. The smallest absolute Gasteiger partial charge is 0.265 e. The zero-order valence-corrected chi connectivity index (χ0v) is 16.8. The number of likely N-dealkylation sites (N-methyl/N-ethyl adjacent to an activating group) is 1. The van der Waals surface area contributed by atoms with Gasteiger partial charge in [0.15, 0.2) is 6.10 Å². The highest BCUT2D eigenvalue weighted by Crippen LogP contribution is 2.21. The molecule has 1 saturated heterocycles. The lowest BCUT2D eigenvalue weighted by atomic mass is 10.1. The fourth-order valence-electron chi connectivity index (χ4n) is 2.99. The van der Waals surface area contributed by atoms with Crippen molar-refractivity contribution in [3.63, 3.8) is 0 Å². The van der Waals surface area contributed by atoms with Gasteiger partial charge in [0, 0.05) is 31.2 Å². The predicted molar refractivity (Wildman–Crippen MR) is 110 cm³/mol. The van der Waals surface area contributed by atoms with Crippen molar-refractivity contribution < 1.29 is 14.3 Å². The van der Waals surface area contributed by atoms with Crippen LogP contribution in [0.5, 0.6) is 5.75 Å². The van der Waals surface area contributed by atoms with Gasteiger partial charge in [-0.05, 0) is 44.3 Å². The SMILES string of the molecule is C[C@@H](Oc1cccc(Cl)c1)C(=O)Nc1ccccc1C(=O)N1CCN(C)CC1. The number of hydrogen-bond acceptors (Lipinski definition) is 4. The minimum atomic E-state index is -0.745. The third kappa shape index (κ3) is 5.03. The lowest BCUT2D eigenvalue weighted by molar-refractivity contribution is -0.122. The Kier molecular flexibility index (Phi) is 6.54. The maximum absolute atomic E-state index is 12.9. The Balaban J connectivity index is 1.68. The van der Waals surface area contributed by atoms with Gasteiger partial charge in [-0.15, -0.1) is 0 Å². The zero-order chi connectivity index (χ0) is 20.1. The summed E-state index contributed by atoms with van der Waals surface area (Å²) in [4.78, 5) is 29.5. The highest BCUT2D eigenvalue weighted by molar-refractivity contribution is 6.30. The van der Waals surface area contributed by atoms with Crippen molar-refractivity contribution in [3.8, 4) is 5.75 Å². The molecule has 0 saturated carbocycles. The minimum Gasteiger partial charge on any atom is -0.481 e. The molecule has 2 aromatic rings. The van der Waals surface area contributed by atoms with Gasteiger partial charge in [-0.1, -0.05) is 29.8 Å². The van der Waals surface area contributed by atoms with Gasteiger partial charge in [0.2, 0.25) is 0 Å². The van der Waals surface area contributed by atoms with Crippen LogP contribution in [0.1, 0.15) is 17.3 Å². The number of carbonyl (C=O) groups is 2. The van der Waals surface area contributed by atoms with Crippen molar-refractivity contribution in [3.05, 3.63) is 59.1 Å². The fraction of sp³-hybridized carbons (Fsp3) is 0.333. The molecule has 28 heavy (non-hydrogen) atoms. The number of amides is 2. The van der Waals surface area contributed by atoms with Crippen LogP contribution in [0.2, 0.25) is 5.02 Å². The summed E-state index contributed by atoms with van der Waals surface area (Å²) < 4.78 is 5.66. The van der Waals surface area contributed by atoms with Crippen LogP contribution in [0.3, 0.4) is 0 Å². The topological polar surface area (TPSA) is 61.9 Å². The molecule has 1 aliphatic rings. The van der Waals surface area contributed by atoms with Gasteiger partial charge in [0.1, 0.15) is 5.75 Å². The van der Waals surface area contributed by atoms with Crippen molar-refractivity contribution in [2.45, 2.75) is 13.0 Å². The molecule has 148 valence electrons. The van der Waals surface area contributed by atoms with Crippen molar-refractivity contribution in [2.75, 3.05) is 38.5 Å². The summed E-state index contributed by atoms with van der Waals surface area (Å²) in [6, 6.07) is 13.9. The van der Waals surface area contributed by atoms with Gasteiger partial charge in [-0.2, -0.15) is 0 Å². The van der Waals surface area contributed by atoms with Crippen molar-refractivity contribution in [1.82, 2.24) is 9.80 Å². The molecule has 2 amide bonds. The molecular formula is C21H24ClN3O3. The summed E-state index contributed by atoms with van der Waals surface area (Å²) in [7, 11) is 2.04. The largest absolute Gasteiger partial charge is 0.481 e. The van der Waals surface area contributed by atoms with Crippen LogP contribution < -0.4 is 10.1 Å². The third-order valence-electron chi connectivity index (χ3n) is 4.68. The number of halogens is 1. The Morgan fingerprint density at radius 2 is 1.79 bits per heavy atom. The third-order valence-corrected chi connectivity index (χ3v) is 4.92. The van der Waals surface area contributed by atoms with Crippen molar-refractivity contribution in [2.24, 2.45) is 0 Å². The molecule has 3 rings (SSSR count). The first kappa shape index (κ1) is 20.2. The highest BCUT2D eigenvalue weighted by Gasteiger charge is 2.24. The maximum atomic E-state index is 12.9. The fourth-order valence-corrected chi connectivity index (χ4v) is 3.17. The standard InChI is InChI=1S/C21H24ClN3O3/c1-15(28-17-7-5-6-16(22)14-17)20(26)23-19-9-4-3-8-18(19)21(27)25-12-10-24(2)11-13-25/h3-9,14-15H,10-13H2,1-2H3,(H,23,26)/t15-/m1/s1. The van der Waals surface area contributed by atoms with Crippen LogP contribution in [0.15, 0.2) is 48.5 Å². The number of anilines is 1. The molecule has 0 radical (unpaired) electrons. The van der Waals surface area contributed by atoms with E-state index in [-0.39, 0.29) is 11.8 Å². The number of benzene rings is 2. The number of nitrogens with zero attached hydrogens (tertiary/aromatic N) is 2. The normalized spacial score (nSPS) is 15.8.